The first-order valence-corrected chi connectivity index (χ1v) is 6.39. The van der Waals surface area contributed by atoms with Gasteiger partial charge in [-0.2, -0.15) is 0 Å². The van der Waals surface area contributed by atoms with E-state index in [1.165, 1.54) is 0 Å². The van der Waals surface area contributed by atoms with Crippen LogP contribution in [0.15, 0.2) is 36.4 Å². The van der Waals surface area contributed by atoms with Gasteiger partial charge in [-0.25, -0.2) is 0 Å². The monoisotopic (exact) mass is 279 g/mol. The number of nitrogens with one attached hydrogen (secondary N) is 1. The zero-order valence-corrected chi connectivity index (χ0v) is 11.2. The highest BCUT2D eigenvalue weighted by Gasteiger charge is 2.24. The molecule has 0 radical (unpaired) electrons. The van der Waals surface area contributed by atoms with E-state index in [2.05, 4.69) is 5.32 Å². The van der Waals surface area contributed by atoms with Crippen LogP contribution in [0.3, 0.4) is 0 Å². The third kappa shape index (κ3) is 1.82. The average molecular weight is 280 g/mol. The molecule has 1 heterocycles. The van der Waals surface area contributed by atoms with Gasteiger partial charge in [0.25, 0.3) is 0 Å². The minimum absolute atomic E-state index is 0.191. The molecule has 0 saturated heterocycles. The Hall–Kier alpha value is -1.38. The van der Waals surface area contributed by atoms with Crippen LogP contribution in [-0.2, 0) is 0 Å². The molecule has 0 aromatic heterocycles. The molecule has 0 spiro atoms. The fourth-order valence-electron chi connectivity index (χ4n) is 2.16. The zero-order valence-electron chi connectivity index (χ0n) is 9.71. The molecule has 0 amide bonds. The van der Waals surface area contributed by atoms with Gasteiger partial charge >= 0.3 is 0 Å². The minimum Gasteiger partial charge on any atom is -0.497 e. The van der Waals surface area contributed by atoms with Gasteiger partial charge in [0.15, 0.2) is 0 Å². The summed E-state index contributed by atoms with van der Waals surface area (Å²) in [6.45, 7) is 0. The Morgan fingerprint density at radius 1 is 1.06 bits per heavy atom. The predicted octanol–water partition coefficient (Wildman–Crippen LogP) is 4.73. The molecule has 0 fully saturated rings. The van der Waals surface area contributed by atoms with Crippen molar-refractivity contribution < 1.29 is 4.74 Å². The second-order valence-electron chi connectivity index (χ2n) is 4.17. The van der Waals surface area contributed by atoms with Gasteiger partial charge in [0.2, 0.25) is 0 Å². The highest BCUT2D eigenvalue weighted by molar-refractivity contribution is 6.31. The first kappa shape index (κ1) is 11.7. The maximum absolute atomic E-state index is 6.52. The third-order valence-corrected chi connectivity index (χ3v) is 3.79. The summed E-state index contributed by atoms with van der Waals surface area (Å²) in [6.07, 6.45) is 0. The standard InChI is InChI=1S/C14H11Cl2NO/c1-18-9-3-5-12-11(7-9)14(16)10-4-2-8(15)6-13(10)17-12/h2-7,14,17H,1H3. The van der Waals surface area contributed by atoms with E-state index in [9.17, 15) is 0 Å². The van der Waals surface area contributed by atoms with Crippen molar-refractivity contribution in [3.63, 3.8) is 0 Å². The average Bonchev–Trinajstić information content (AvgIpc) is 2.38. The molecule has 0 aliphatic carbocycles. The Morgan fingerprint density at radius 2 is 1.89 bits per heavy atom. The number of alkyl halides is 1. The van der Waals surface area contributed by atoms with Crippen molar-refractivity contribution in [2.45, 2.75) is 5.38 Å². The topological polar surface area (TPSA) is 21.3 Å². The first-order chi connectivity index (χ1) is 8.69. The van der Waals surface area contributed by atoms with E-state index in [0.717, 1.165) is 28.3 Å². The number of benzene rings is 2. The molecule has 1 aliphatic heterocycles. The van der Waals surface area contributed by atoms with Gasteiger partial charge in [-0.1, -0.05) is 17.7 Å². The van der Waals surface area contributed by atoms with Crippen LogP contribution in [0.5, 0.6) is 5.75 Å². The van der Waals surface area contributed by atoms with Crippen LogP contribution in [0.4, 0.5) is 11.4 Å². The van der Waals surface area contributed by atoms with Gasteiger partial charge in [0.05, 0.1) is 12.5 Å². The fraction of sp³-hybridized carbons (Fsp3) is 0.143. The van der Waals surface area contributed by atoms with Crippen molar-refractivity contribution in [2.75, 3.05) is 12.4 Å². The van der Waals surface area contributed by atoms with Crippen molar-refractivity contribution >= 4 is 34.6 Å². The van der Waals surface area contributed by atoms with Crippen LogP contribution >= 0.6 is 23.2 Å². The summed E-state index contributed by atoms with van der Waals surface area (Å²) in [5, 5.41) is 3.84. The number of fused-ring (bicyclic) bond motifs is 2. The molecule has 2 aromatic carbocycles. The summed E-state index contributed by atoms with van der Waals surface area (Å²) < 4.78 is 5.23. The lowest BCUT2D eigenvalue weighted by Gasteiger charge is -2.26. The van der Waals surface area contributed by atoms with Gasteiger partial charge in [0.1, 0.15) is 5.75 Å². The normalized spacial score (nSPS) is 16.5. The van der Waals surface area contributed by atoms with Crippen molar-refractivity contribution in [1.29, 1.82) is 0 Å². The summed E-state index contributed by atoms with van der Waals surface area (Å²) in [6, 6.07) is 11.5. The molecule has 1 N–H and O–H groups in total. The highest BCUT2D eigenvalue weighted by Crippen LogP contribution is 2.45. The summed E-state index contributed by atoms with van der Waals surface area (Å²) >= 11 is 12.5. The van der Waals surface area contributed by atoms with Gasteiger partial charge in [-0.15, -0.1) is 11.6 Å². The van der Waals surface area contributed by atoms with Crippen LogP contribution in [0.2, 0.25) is 5.02 Å². The van der Waals surface area contributed by atoms with Crippen molar-refractivity contribution in [2.24, 2.45) is 0 Å². The van der Waals surface area contributed by atoms with Gasteiger partial charge in [-0.05, 0) is 35.9 Å². The third-order valence-electron chi connectivity index (χ3n) is 3.09. The smallest absolute Gasteiger partial charge is 0.119 e. The van der Waals surface area contributed by atoms with Gasteiger partial charge in [-0.3, -0.25) is 0 Å². The lowest BCUT2D eigenvalue weighted by atomic mass is 9.96. The number of methoxy groups -OCH3 is 1. The molecular formula is C14H11Cl2NO. The maximum atomic E-state index is 6.52. The van der Waals surface area contributed by atoms with Crippen LogP contribution in [-0.4, -0.2) is 7.11 Å². The van der Waals surface area contributed by atoms with Crippen molar-refractivity contribution in [3.8, 4) is 5.75 Å². The second kappa shape index (κ2) is 4.38. The van der Waals surface area contributed by atoms with Crippen LogP contribution in [0, 0.1) is 0 Å². The largest absolute Gasteiger partial charge is 0.497 e. The summed E-state index contributed by atoms with van der Waals surface area (Å²) in [4.78, 5) is 0. The van der Waals surface area contributed by atoms with E-state index >= 15 is 0 Å². The Balaban J connectivity index is 2.12. The number of ether oxygens (including phenoxy) is 1. The molecule has 92 valence electrons. The minimum atomic E-state index is -0.191. The van der Waals surface area contributed by atoms with Crippen molar-refractivity contribution in [1.82, 2.24) is 0 Å². The van der Waals surface area contributed by atoms with Gasteiger partial charge < -0.3 is 10.1 Å². The molecule has 2 aromatic rings. The Morgan fingerprint density at radius 3 is 2.67 bits per heavy atom. The lowest BCUT2D eigenvalue weighted by Crippen LogP contribution is -2.09. The molecule has 0 saturated carbocycles. The fourth-order valence-corrected chi connectivity index (χ4v) is 2.70. The number of hydrogen-bond donors (Lipinski definition) is 1. The SMILES string of the molecule is COc1ccc2c(c1)C(Cl)c1ccc(Cl)cc1N2. The molecular weight excluding hydrogens is 269 g/mol. The van der Waals surface area contributed by atoms with E-state index in [1.807, 2.05) is 36.4 Å². The van der Waals surface area contributed by atoms with E-state index in [4.69, 9.17) is 27.9 Å². The molecule has 1 aliphatic rings. The van der Waals surface area contributed by atoms with Crippen molar-refractivity contribution in [3.05, 3.63) is 52.5 Å². The predicted molar refractivity (Wildman–Crippen MR) is 75.4 cm³/mol. The van der Waals surface area contributed by atoms with Gasteiger partial charge in [0, 0.05) is 22.0 Å². The molecule has 0 bridgehead atoms. The summed E-state index contributed by atoms with van der Waals surface area (Å²) in [5.41, 5.74) is 4.00. The van der Waals surface area contributed by atoms with Crippen LogP contribution < -0.4 is 10.1 Å². The molecule has 3 rings (SSSR count). The highest BCUT2D eigenvalue weighted by atomic mass is 35.5. The molecule has 1 atom stereocenters. The Bertz CT molecular complexity index is 613. The second-order valence-corrected chi connectivity index (χ2v) is 5.05. The number of anilines is 2. The summed E-state index contributed by atoms with van der Waals surface area (Å²) in [7, 11) is 1.65. The molecule has 2 nitrogen and oxygen atoms in total. The van der Waals surface area contributed by atoms with E-state index in [-0.39, 0.29) is 5.38 Å². The summed E-state index contributed by atoms with van der Waals surface area (Å²) in [5.74, 6) is 0.804. The van der Waals surface area contributed by atoms with E-state index in [0.29, 0.717) is 5.02 Å². The Kier molecular flexibility index (Phi) is 2.84. The van der Waals surface area contributed by atoms with E-state index in [1.54, 1.807) is 7.11 Å². The zero-order chi connectivity index (χ0) is 12.7. The number of halogens is 2. The first-order valence-electron chi connectivity index (χ1n) is 5.57. The Labute approximate surface area is 115 Å². The quantitative estimate of drug-likeness (QED) is 0.762. The van der Waals surface area contributed by atoms with E-state index < -0.39 is 0 Å². The van der Waals surface area contributed by atoms with Crippen LogP contribution in [0.1, 0.15) is 16.5 Å². The molecule has 4 heteroatoms. The maximum Gasteiger partial charge on any atom is 0.119 e. The number of hydrogen-bond acceptors (Lipinski definition) is 2. The van der Waals surface area contributed by atoms with Crippen LogP contribution in [0.25, 0.3) is 0 Å². The molecule has 1 unspecified atom stereocenters. The molecule has 18 heavy (non-hydrogen) atoms. The lowest BCUT2D eigenvalue weighted by molar-refractivity contribution is 0.414. The number of rotatable bonds is 1.